The van der Waals surface area contributed by atoms with Crippen molar-refractivity contribution in [2.45, 2.75) is 6.92 Å². The maximum atomic E-state index is 8.66. The molecule has 1 aromatic rings. The molecule has 0 aliphatic heterocycles. The highest BCUT2D eigenvalue weighted by atomic mass is 35.5. The molecule has 0 saturated heterocycles. The molecule has 1 aromatic carbocycles. The zero-order valence-corrected chi connectivity index (χ0v) is 9.43. The summed E-state index contributed by atoms with van der Waals surface area (Å²) in [5, 5.41) is 15.6. The van der Waals surface area contributed by atoms with Gasteiger partial charge in [-0.25, -0.2) is 0 Å². The second-order valence-electron chi connectivity index (χ2n) is 3.09. The van der Waals surface area contributed by atoms with Gasteiger partial charge in [0.1, 0.15) is 0 Å². The predicted molar refractivity (Wildman–Crippen MR) is 63.2 cm³/mol. The molecule has 4 heteroatoms. The summed E-state index contributed by atoms with van der Waals surface area (Å²) in [5.74, 6) is 0. The van der Waals surface area contributed by atoms with E-state index in [2.05, 4.69) is 17.6 Å². The van der Waals surface area contributed by atoms with Gasteiger partial charge in [0.05, 0.1) is 22.3 Å². The second kappa shape index (κ2) is 6.28. The molecule has 0 bridgehead atoms. The van der Waals surface area contributed by atoms with Crippen molar-refractivity contribution < 1.29 is 0 Å². The molecule has 2 N–H and O–H groups in total. The third-order valence-electron chi connectivity index (χ3n) is 1.97. The molecule has 0 heterocycles. The van der Waals surface area contributed by atoms with Gasteiger partial charge in [-0.05, 0) is 24.7 Å². The lowest BCUT2D eigenvalue weighted by molar-refractivity contribution is 0.739. The standard InChI is InChI=1S/C11H14ClN3/c1-2-14-5-6-15-11-4-3-9(8-13)7-10(11)12/h3-4,7,14-15H,2,5-6H2,1H3. The van der Waals surface area contributed by atoms with Crippen molar-refractivity contribution in [2.24, 2.45) is 0 Å². The highest BCUT2D eigenvalue weighted by Gasteiger charge is 2.00. The summed E-state index contributed by atoms with van der Waals surface area (Å²) in [5.41, 5.74) is 1.45. The minimum Gasteiger partial charge on any atom is -0.383 e. The number of rotatable bonds is 5. The molecule has 80 valence electrons. The molecule has 1 rings (SSSR count). The Bertz CT molecular complexity index is 357. The fourth-order valence-corrected chi connectivity index (χ4v) is 1.44. The summed E-state index contributed by atoms with van der Waals surface area (Å²) in [6.45, 7) is 4.74. The lowest BCUT2D eigenvalue weighted by Crippen LogP contribution is -2.21. The van der Waals surface area contributed by atoms with E-state index in [1.165, 1.54) is 0 Å². The van der Waals surface area contributed by atoms with E-state index >= 15 is 0 Å². The van der Waals surface area contributed by atoms with Gasteiger partial charge in [-0.3, -0.25) is 0 Å². The van der Waals surface area contributed by atoms with Gasteiger partial charge in [0.25, 0.3) is 0 Å². The highest BCUT2D eigenvalue weighted by molar-refractivity contribution is 6.33. The third-order valence-corrected chi connectivity index (χ3v) is 2.28. The smallest absolute Gasteiger partial charge is 0.0992 e. The quantitative estimate of drug-likeness (QED) is 0.753. The summed E-state index contributed by atoms with van der Waals surface area (Å²) in [6, 6.07) is 7.29. The number of anilines is 1. The van der Waals surface area contributed by atoms with E-state index < -0.39 is 0 Å². The molecular formula is C11H14ClN3. The Hall–Kier alpha value is -1.24. The zero-order chi connectivity index (χ0) is 11.1. The van der Waals surface area contributed by atoms with Crippen LogP contribution in [0, 0.1) is 11.3 Å². The van der Waals surface area contributed by atoms with Crippen molar-refractivity contribution in [3.05, 3.63) is 28.8 Å². The van der Waals surface area contributed by atoms with Crippen molar-refractivity contribution in [1.29, 1.82) is 5.26 Å². The SMILES string of the molecule is CCNCCNc1ccc(C#N)cc1Cl. The summed E-state index contributed by atoms with van der Waals surface area (Å²) in [7, 11) is 0. The van der Waals surface area contributed by atoms with Crippen LogP contribution >= 0.6 is 11.6 Å². The van der Waals surface area contributed by atoms with Crippen LogP contribution in [0.2, 0.25) is 5.02 Å². The molecular weight excluding hydrogens is 210 g/mol. The van der Waals surface area contributed by atoms with Crippen LogP contribution in [0.5, 0.6) is 0 Å². The molecule has 0 amide bonds. The van der Waals surface area contributed by atoms with Crippen molar-refractivity contribution in [1.82, 2.24) is 5.32 Å². The van der Waals surface area contributed by atoms with Crippen LogP contribution < -0.4 is 10.6 Å². The first-order valence-electron chi connectivity index (χ1n) is 4.92. The van der Waals surface area contributed by atoms with E-state index in [1.54, 1.807) is 12.1 Å². The normalized spacial score (nSPS) is 9.67. The topological polar surface area (TPSA) is 47.8 Å². The van der Waals surface area contributed by atoms with Crippen LogP contribution in [0.4, 0.5) is 5.69 Å². The zero-order valence-electron chi connectivity index (χ0n) is 8.68. The molecule has 15 heavy (non-hydrogen) atoms. The van der Waals surface area contributed by atoms with Gasteiger partial charge in [0.2, 0.25) is 0 Å². The largest absolute Gasteiger partial charge is 0.383 e. The van der Waals surface area contributed by atoms with Crippen LogP contribution in [0.15, 0.2) is 18.2 Å². The van der Waals surface area contributed by atoms with Crippen molar-refractivity contribution in [3.63, 3.8) is 0 Å². The molecule has 0 aromatic heterocycles. The van der Waals surface area contributed by atoms with Crippen LogP contribution in [0.3, 0.4) is 0 Å². The fraction of sp³-hybridized carbons (Fsp3) is 0.364. The Morgan fingerprint density at radius 1 is 1.40 bits per heavy atom. The van der Waals surface area contributed by atoms with Crippen molar-refractivity contribution in [3.8, 4) is 6.07 Å². The first-order valence-corrected chi connectivity index (χ1v) is 5.30. The van der Waals surface area contributed by atoms with Gasteiger partial charge in [-0.15, -0.1) is 0 Å². The molecule has 0 aliphatic rings. The summed E-state index contributed by atoms with van der Waals surface area (Å²) in [6.07, 6.45) is 0. The molecule has 0 spiro atoms. The van der Waals surface area contributed by atoms with Crippen molar-refractivity contribution in [2.75, 3.05) is 25.0 Å². The van der Waals surface area contributed by atoms with Gasteiger partial charge in [0, 0.05) is 13.1 Å². The van der Waals surface area contributed by atoms with Gasteiger partial charge in [-0.2, -0.15) is 5.26 Å². The van der Waals surface area contributed by atoms with Gasteiger partial charge < -0.3 is 10.6 Å². The average Bonchev–Trinajstić information content (AvgIpc) is 2.26. The second-order valence-corrected chi connectivity index (χ2v) is 3.49. The van der Waals surface area contributed by atoms with E-state index in [9.17, 15) is 0 Å². The third kappa shape index (κ3) is 3.78. The van der Waals surface area contributed by atoms with Crippen LogP contribution in [0.25, 0.3) is 0 Å². The molecule has 3 nitrogen and oxygen atoms in total. The van der Waals surface area contributed by atoms with Gasteiger partial charge in [0.15, 0.2) is 0 Å². The molecule has 0 radical (unpaired) electrons. The molecule has 0 unspecified atom stereocenters. The lowest BCUT2D eigenvalue weighted by atomic mass is 10.2. The number of hydrogen-bond donors (Lipinski definition) is 2. The summed E-state index contributed by atoms with van der Waals surface area (Å²) in [4.78, 5) is 0. The minimum atomic E-state index is 0.581. The Kier molecular flexibility index (Phi) is 4.96. The molecule has 0 aliphatic carbocycles. The fourth-order valence-electron chi connectivity index (χ4n) is 1.19. The number of nitriles is 1. The van der Waals surface area contributed by atoms with Crippen molar-refractivity contribution >= 4 is 17.3 Å². The highest BCUT2D eigenvalue weighted by Crippen LogP contribution is 2.22. The van der Waals surface area contributed by atoms with E-state index in [0.29, 0.717) is 10.6 Å². The number of nitrogens with one attached hydrogen (secondary N) is 2. The number of benzene rings is 1. The Morgan fingerprint density at radius 3 is 2.80 bits per heavy atom. The summed E-state index contributed by atoms with van der Waals surface area (Å²) >= 11 is 5.99. The Balaban J connectivity index is 2.52. The van der Waals surface area contributed by atoms with E-state index in [4.69, 9.17) is 16.9 Å². The maximum absolute atomic E-state index is 8.66. The van der Waals surface area contributed by atoms with E-state index in [-0.39, 0.29) is 0 Å². The number of nitrogens with zero attached hydrogens (tertiary/aromatic N) is 1. The Labute approximate surface area is 95.1 Å². The average molecular weight is 224 g/mol. The number of likely N-dealkylation sites (N-methyl/N-ethyl adjacent to an activating group) is 1. The summed E-state index contributed by atoms with van der Waals surface area (Å²) < 4.78 is 0. The van der Waals surface area contributed by atoms with Crippen LogP contribution in [0.1, 0.15) is 12.5 Å². The molecule has 0 saturated carbocycles. The number of halogens is 1. The van der Waals surface area contributed by atoms with Gasteiger partial charge in [-0.1, -0.05) is 18.5 Å². The maximum Gasteiger partial charge on any atom is 0.0992 e. The van der Waals surface area contributed by atoms with Gasteiger partial charge >= 0.3 is 0 Å². The Morgan fingerprint density at radius 2 is 2.20 bits per heavy atom. The lowest BCUT2D eigenvalue weighted by Gasteiger charge is -2.08. The molecule has 0 atom stereocenters. The van der Waals surface area contributed by atoms with Crippen LogP contribution in [-0.2, 0) is 0 Å². The van der Waals surface area contributed by atoms with E-state index in [1.807, 2.05) is 12.1 Å². The monoisotopic (exact) mass is 223 g/mol. The van der Waals surface area contributed by atoms with Crippen LogP contribution in [-0.4, -0.2) is 19.6 Å². The predicted octanol–water partition coefficient (Wildman–Crippen LogP) is 2.23. The first-order chi connectivity index (χ1) is 7.27. The first kappa shape index (κ1) is 11.8. The van der Waals surface area contributed by atoms with E-state index in [0.717, 1.165) is 25.3 Å². The molecule has 0 fully saturated rings. The minimum absolute atomic E-state index is 0.581. The number of hydrogen-bond acceptors (Lipinski definition) is 3.